The summed E-state index contributed by atoms with van der Waals surface area (Å²) in [4.78, 5) is 24.6. The van der Waals surface area contributed by atoms with Crippen LogP contribution < -0.4 is 0 Å². The largest absolute Gasteiger partial charge is 0.480 e. The predicted molar refractivity (Wildman–Crippen MR) is 72.2 cm³/mol. The van der Waals surface area contributed by atoms with Gasteiger partial charge in [-0.15, -0.1) is 0 Å². The van der Waals surface area contributed by atoms with Crippen LogP contribution in [-0.2, 0) is 4.79 Å². The number of carboxylic acid groups (broad SMARTS) is 1. The number of halogens is 2. The number of carboxylic acids is 1. The van der Waals surface area contributed by atoms with E-state index >= 15 is 0 Å². The maximum atomic E-state index is 12.3. The molecule has 1 saturated heterocycles. The highest BCUT2D eigenvalue weighted by Crippen LogP contribution is 2.29. The molecule has 1 aliphatic rings. The van der Waals surface area contributed by atoms with Gasteiger partial charge in [-0.25, -0.2) is 4.79 Å². The third-order valence-corrected chi connectivity index (χ3v) is 4.30. The van der Waals surface area contributed by atoms with Gasteiger partial charge in [-0.3, -0.25) is 4.79 Å². The molecule has 102 valence electrons. The number of β-amino-alcohol motifs (C(OH)–C–C–N with tert-alkyl or cyclic N) is 1. The molecular formula is C12H11BrClNO4. The second-order valence-corrected chi connectivity index (χ2v) is 5.53. The van der Waals surface area contributed by atoms with Gasteiger partial charge in [0.25, 0.3) is 5.91 Å². The first-order valence-electron chi connectivity index (χ1n) is 5.57. The van der Waals surface area contributed by atoms with E-state index in [2.05, 4.69) is 15.9 Å². The van der Waals surface area contributed by atoms with E-state index in [0.29, 0.717) is 4.47 Å². The molecule has 0 bridgehead atoms. The minimum atomic E-state index is -1.13. The number of hydrogen-bond acceptors (Lipinski definition) is 3. The fourth-order valence-electron chi connectivity index (χ4n) is 2.10. The molecule has 0 aromatic heterocycles. The fraction of sp³-hybridized carbons (Fsp3) is 0.333. The highest BCUT2D eigenvalue weighted by Gasteiger charge is 2.39. The summed E-state index contributed by atoms with van der Waals surface area (Å²) in [6.45, 7) is -0.00135. The quantitative estimate of drug-likeness (QED) is 0.854. The lowest BCUT2D eigenvalue weighted by Gasteiger charge is -2.21. The molecule has 0 spiro atoms. The Morgan fingerprint density at radius 3 is 2.74 bits per heavy atom. The van der Waals surface area contributed by atoms with E-state index in [-0.39, 0.29) is 23.6 Å². The van der Waals surface area contributed by atoms with E-state index in [0.717, 1.165) is 4.90 Å². The molecular weight excluding hydrogens is 337 g/mol. The number of aliphatic hydroxyl groups excluding tert-OH is 1. The van der Waals surface area contributed by atoms with Crippen LogP contribution in [0, 0.1) is 0 Å². The topological polar surface area (TPSA) is 77.8 Å². The van der Waals surface area contributed by atoms with Crippen molar-refractivity contribution in [2.75, 3.05) is 6.54 Å². The van der Waals surface area contributed by atoms with E-state index < -0.39 is 24.0 Å². The summed E-state index contributed by atoms with van der Waals surface area (Å²) in [7, 11) is 0. The standard InChI is InChI=1S/C12H11BrClNO4/c13-8-3-1-2-7(10(8)14)11(17)15-5-6(16)4-9(15)12(18)19/h1-3,6,9,16H,4-5H2,(H,18,19)/t6-,9+/m1/s1. The van der Waals surface area contributed by atoms with Crippen LogP contribution in [0.4, 0.5) is 0 Å². The number of likely N-dealkylation sites (tertiary alicyclic amines) is 1. The molecule has 1 heterocycles. The van der Waals surface area contributed by atoms with E-state index in [1.165, 1.54) is 6.07 Å². The van der Waals surface area contributed by atoms with Crippen LogP contribution in [0.5, 0.6) is 0 Å². The van der Waals surface area contributed by atoms with Gasteiger partial charge in [0.1, 0.15) is 6.04 Å². The van der Waals surface area contributed by atoms with Crippen molar-refractivity contribution in [3.63, 3.8) is 0 Å². The number of amides is 1. The first-order chi connectivity index (χ1) is 8.91. The molecule has 2 rings (SSSR count). The lowest BCUT2D eigenvalue weighted by molar-refractivity contribution is -0.141. The number of hydrogen-bond donors (Lipinski definition) is 2. The summed E-state index contributed by atoms with van der Waals surface area (Å²) in [6.07, 6.45) is -0.789. The number of aliphatic hydroxyl groups is 1. The summed E-state index contributed by atoms with van der Waals surface area (Å²) < 4.78 is 0.562. The van der Waals surface area contributed by atoms with Crippen molar-refractivity contribution in [1.82, 2.24) is 4.90 Å². The average Bonchev–Trinajstić information content (AvgIpc) is 2.74. The molecule has 1 aromatic carbocycles. The van der Waals surface area contributed by atoms with Crippen LogP contribution in [0.25, 0.3) is 0 Å². The van der Waals surface area contributed by atoms with Gasteiger partial charge < -0.3 is 15.1 Å². The van der Waals surface area contributed by atoms with E-state index in [1.54, 1.807) is 12.1 Å². The molecule has 7 heteroatoms. The van der Waals surface area contributed by atoms with E-state index in [9.17, 15) is 14.7 Å². The molecule has 0 aliphatic carbocycles. The number of carbonyl (C=O) groups is 2. The summed E-state index contributed by atoms with van der Waals surface area (Å²) in [5, 5.41) is 18.8. The summed E-state index contributed by atoms with van der Waals surface area (Å²) in [5.41, 5.74) is 0.219. The Hall–Kier alpha value is -1.11. The van der Waals surface area contributed by atoms with Crippen molar-refractivity contribution in [1.29, 1.82) is 0 Å². The smallest absolute Gasteiger partial charge is 0.326 e. The molecule has 1 aliphatic heterocycles. The molecule has 0 unspecified atom stereocenters. The van der Waals surface area contributed by atoms with Crippen LogP contribution >= 0.6 is 27.5 Å². The van der Waals surface area contributed by atoms with E-state index in [1.807, 2.05) is 0 Å². The van der Waals surface area contributed by atoms with Crippen molar-refractivity contribution in [3.05, 3.63) is 33.3 Å². The van der Waals surface area contributed by atoms with Gasteiger partial charge in [0.05, 0.1) is 16.7 Å². The first kappa shape index (κ1) is 14.3. The Kier molecular flexibility index (Phi) is 4.13. The van der Waals surface area contributed by atoms with Crippen LogP contribution in [0.2, 0.25) is 5.02 Å². The minimum absolute atomic E-state index is 0.00135. The second kappa shape index (κ2) is 5.48. The van der Waals surface area contributed by atoms with Gasteiger partial charge >= 0.3 is 5.97 Å². The zero-order valence-electron chi connectivity index (χ0n) is 9.72. The van der Waals surface area contributed by atoms with Crippen LogP contribution in [-0.4, -0.2) is 45.7 Å². The normalized spacial score (nSPS) is 22.6. The maximum Gasteiger partial charge on any atom is 0.326 e. The lowest BCUT2D eigenvalue weighted by atomic mass is 10.1. The van der Waals surface area contributed by atoms with Crippen LogP contribution in [0.15, 0.2) is 22.7 Å². The molecule has 2 atom stereocenters. The van der Waals surface area contributed by atoms with Crippen molar-refractivity contribution in [2.45, 2.75) is 18.6 Å². The third kappa shape index (κ3) is 2.75. The molecule has 1 aromatic rings. The van der Waals surface area contributed by atoms with Crippen molar-refractivity contribution in [2.24, 2.45) is 0 Å². The molecule has 2 N–H and O–H groups in total. The van der Waals surface area contributed by atoms with Crippen molar-refractivity contribution in [3.8, 4) is 0 Å². The Morgan fingerprint density at radius 2 is 2.11 bits per heavy atom. The number of benzene rings is 1. The van der Waals surface area contributed by atoms with Crippen molar-refractivity contribution < 1.29 is 19.8 Å². The molecule has 0 radical (unpaired) electrons. The van der Waals surface area contributed by atoms with Crippen molar-refractivity contribution >= 4 is 39.4 Å². The Labute approximate surface area is 122 Å². The van der Waals surface area contributed by atoms with Gasteiger partial charge in [0.15, 0.2) is 0 Å². The highest BCUT2D eigenvalue weighted by atomic mass is 79.9. The van der Waals surface area contributed by atoms with Gasteiger partial charge in [-0.1, -0.05) is 17.7 Å². The Balaban J connectivity index is 2.33. The van der Waals surface area contributed by atoms with Gasteiger partial charge in [-0.05, 0) is 28.1 Å². The SMILES string of the molecule is O=C(O)[C@@H]1C[C@@H](O)CN1C(=O)c1cccc(Br)c1Cl. The number of nitrogens with zero attached hydrogens (tertiary/aromatic N) is 1. The average molecular weight is 349 g/mol. The van der Waals surface area contributed by atoms with Gasteiger partial charge in [0.2, 0.25) is 0 Å². The third-order valence-electron chi connectivity index (χ3n) is 3.01. The summed E-state index contributed by atoms with van der Waals surface area (Å²) in [5.74, 6) is -1.62. The maximum absolute atomic E-state index is 12.3. The van der Waals surface area contributed by atoms with Gasteiger partial charge in [0, 0.05) is 17.4 Å². The second-order valence-electron chi connectivity index (χ2n) is 4.30. The fourth-order valence-corrected chi connectivity index (χ4v) is 2.67. The van der Waals surface area contributed by atoms with Gasteiger partial charge in [-0.2, -0.15) is 0 Å². The number of carbonyl (C=O) groups excluding carboxylic acids is 1. The zero-order valence-corrected chi connectivity index (χ0v) is 12.1. The van der Waals surface area contributed by atoms with Crippen LogP contribution in [0.1, 0.15) is 16.8 Å². The molecule has 19 heavy (non-hydrogen) atoms. The summed E-state index contributed by atoms with van der Waals surface area (Å²) >= 11 is 9.24. The highest BCUT2D eigenvalue weighted by molar-refractivity contribution is 9.10. The molecule has 1 fully saturated rings. The summed E-state index contributed by atoms with van der Waals surface area (Å²) in [6, 6.07) is 3.84. The monoisotopic (exact) mass is 347 g/mol. The molecule has 1 amide bonds. The molecule has 5 nitrogen and oxygen atoms in total. The van der Waals surface area contributed by atoms with Crippen LogP contribution in [0.3, 0.4) is 0 Å². The minimum Gasteiger partial charge on any atom is -0.480 e. The first-order valence-corrected chi connectivity index (χ1v) is 6.74. The zero-order chi connectivity index (χ0) is 14.2. The van der Waals surface area contributed by atoms with E-state index in [4.69, 9.17) is 16.7 Å². The molecule has 0 saturated carbocycles. The lowest BCUT2D eigenvalue weighted by Crippen LogP contribution is -2.40. The Morgan fingerprint density at radius 1 is 1.42 bits per heavy atom. The predicted octanol–water partition coefficient (Wildman–Crippen LogP) is 1.76. The number of aliphatic carboxylic acids is 1. The number of rotatable bonds is 2. The Bertz CT molecular complexity index is 536.